The highest BCUT2D eigenvalue weighted by atomic mass is 32.2. The number of aromatic nitrogens is 3. The molecular weight excluding hydrogens is 360 g/mol. The van der Waals surface area contributed by atoms with Crippen molar-refractivity contribution in [1.82, 2.24) is 14.9 Å². The van der Waals surface area contributed by atoms with Crippen molar-refractivity contribution < 1.29 is 4.74 Å². The molecule has 140 valence electrons. The highest BCUT2D eigenvalue weighted by Gasteiger charge is 2.10. The predicted octanol–water partition coefficient (Wildman–Crippen LogP) is 3.44. The molecule has 0 aliphatic heterocycles. The SMILES string of the molecule is COc1ccc(/C(C)=N\Nc2nnc(SCc3cccc(C)c3)n2N)cc1. The fourth-order valence-corrected chi connectivity index (χ4v) is 3.23. The van der Waals surface area contributed by atoms with E-state index in [1.54, 1.807) is 7.11 Å². The molecule has 0 bridgehead atoms. The number of nitrogens with two attached hydrogens (primary N) is 1. The molecule has 8 heteroatoms. The van der Waals surface area contributed by atoms with Crippen LogP contribution in [0.3, 0.4) is 0 Å². The van der Waals surface area contributed by atoms with Crippen LogP contribution in [0.2, 0.25) is 0 Å². The van der Waals surface area contributed by atoms with Gasteiger partial charge in [-0.2, -0.15) is 5.10 Å². The second-order valence-electron chi connectivity index (χ2n) is 5.99. The molecular formula is C19H22N6OS. The van der Waals surface area contributed by atoms with E-state index in [0.717, 1.165) is 22.8 Å². The Hall–Kier alpha value is -3.00. The Labute approximate surface area is 162 Å². The quantitative estimate of drug-likeness (QED) is 0.282. The number of aryl methyl sites for hydroxylation is 1. The van der Waals surface area contributed by atoms with Gasteiger partial charge < -0.3 is 10.6 Å². The largest absolute Gasteiger partial charge is 0.497 e. The van der Waals surface area contributed by atoms with Crippen molar-refractivity contribution in [1.29, 1.82) is 0 Å². The number of rotatable bonds is 7. The maximum Gasteiger partial charge on any atom is 0.264 e. The van der Waals surface area contributed by atoms with E-state index in [0.29, 0.717) is 11.1 Å². The number of methoxy groups -OCH3 is 1. The minimum atomic E-state index is 0.384. The fourth-order valence-electron chi connectivity index (χ4n) is 2.43. The molecule has 2 aromatic carbocycles. The molecule has 3 aromatic rings. The standard InChI is InChI=1S/C19H22N6OS/c1-13-5-4-6-15(11-13)12-27-19-24-23-18(25(19)20)22-21-14(2)16-7-9-17(26-3)10-8-16/h4-11H,12,20H2,1-3H3,(H,22,23)/b21-14-. The highest BCUT2D eigenvalue weighted by Crippen LogP contribution is 2.22. The van der Waals surface area contributed by atoms with Crippen molar-refractivity contribution in [2.75, 3.05) is 18.4 Å². The Kier molecular flexibility index (Phi) is 5.97. The summed E-state index contributed by atoms with van der Waals surface area (Å²) in [5.74, 6) is 8.04. The smallest absolute Gasteiger partial charge is 0.264 e. The molecule has 0 fully saturated rings. The van der Waals surface area contributed by atoms with Crippen LogP contribution in [0.1, 0.15) is 23.6 Å². The normalized spacial score (nSPS) is 11.4. The van der Waals surface area contributed by atoms with Crippen LogP contribution in [0.4, 0.5) is 5.95 Å². The third kappa shape index (κ3) is 4.79. The van der Waals surface area contributed by atoms with E-state index in [-0.39, 0.29) is 0 Å². The molecule has 0 radical (unpaired) electrons. The van der Waals surface area contributed by atoms with Crippen molar-refractivity contribution in [3.63, 3.8) is 0 Å². The number of ether oxygens (including phenoxy) is 1. The van der Waals surface area contributed by atoms with Crippen molar-refractivity contribution in [2.24, 2.45) is 5.10 Å². The summed E-state index contributed by atoms with van der Waals surface area (Å²) in [5, 5.41) is 13.2. The summed E-state index contributed by atoms with van der Waals surface area (Å²) in [7, 11) is 1.64. The van der Waals surface area contributed by atoms with Gasteiger partial charge in [-0.05, 0) is 49.2 Å². The molecule has 27 heavy (non-hydrogen) atoms. The first-order valence-electron chi connectivity index (χ1n) is 8.40. The van der Waals surface area contributed by atoms with Gasteiger partial charge in [-0.15, -0.1) is 10.2 Å². The van der Waals surface area contributed by atoms with Crippen molar-refractivity contribution >= 4 is 23.4 Å². The Balaban J connectivity index is 1.64. The van der Waals surface area contributed by atoms with E-state index in [4.69, 9.17) is 10.6 Å². The summed E-state index contributed by atoms with van der Waals surface area (Å²) < 4.78 is 6.57. The summed E-state index contributed by atoms with van der Waals surface area (Å²) in [4.78, 5) is 0. The van der Waals surface area contributed by atoms with Gasteiger partial charge in [-0.3, -0.25) is 0 Å². The third-order valence-corrected chi connectivity index (χ3v) is 4.96. The lowest BCUT2D eigenvalue weighted by atomic mass is 10.1. The molecule has 1 heterocycles. The van der Waals surface area contributed by atoms with Crippen LogP contribution in [0.15, 0.2) is 58.8 Å². The molecule has 0 aliphatic carbocycles. The van der Waals surface area contributed by atoms with E-state index >= 15 is 0 Å². The molecule has 0 amide bonds. The van der Waals surface area contributed by atoms with Gasteiger partial charge in [-0.1, -0.05) is 41.6 Å². The summed E-state index contributed by atoms with van der Waals surface area (Å²) in [6.45, 7) is 3.98. The van der Waals surface area contributed by atoms with Gasteiger partial charge in [-0.25, -0.2) is 10.1 Å². The number of hydrazone groups is 1. The highest BCUT2D eigenvalue weighted by molar-refractivity contribution is 7.98. The average molecular weight is 382 g/mol. The van der Waals surface area contributed by atoms with E-state index in [2.05, 4.69) is 45.8 Å². The maximum absolute atomic E-state index is 6.08. The zero-order valence-corrected chi connectivity index (χ0v) is 16.3. The molecule has 0 saturated carbocycles. The van der Waals surface area contributed by atoms with Crippen molar-refractivity contribution in [3.05, 3.63) is 65.2 Å². The average Bonchev–Trinajstić information content (AvgIpc) is 3.04. The molecule has 7 nitrogen and oxygen atoms in total. The van der Waals surface area contributed by atoms with Gasteiger partial charge in [0, 0.05) is 5.75 Å². The van der Waals surface area contributed by atoms with Crippen LogP contribution >= 0.6 is 11.8 Å². The van der Waals surface area contributed by atoms with E-state index in [9.17, 15) is 0 Å². The molecule has 0 unspecified atom stereocenters. The second kappa shape index (κ2) is 8.59. The molecule has 3 rings (SSSR count). The molecule has 0 spiro atoms. The maximum atomic E-state index is 6.08. The minimum absolute atomic E-state index is 0.384. The molecule has 1 aromatic heterocycles. The van der Waals surface area contributed by atoms with Gasteiger partial charge in [0.05, 0.1) is 12.8 Å². The van der Waals surface area contributed by atoms with Gasteiger partial charge in [0.25, 0.3) is 5.95 Å². The van der Waals surface area contributed by atoms with E-state index in [1.165, 1.54) is 27.6 Å². The lowest BCUT2D eigenvalue weighted by Gasteiger charge is -2.05. The number of nitrogens with zero attached hydrogens (tertiary/aromatic N) is 4. The number of hydrogen-bond acceptors (Lipinski definition) is 7. The number of anilines is 1. The Morgan fingerprint density at radius 1 is 1.22 bits per heavy atom. The summed E-state index contributed by atoms with van der Waals surface area (Å²) in [6, 6.07) is 16.0. The first-order valence-corrected chi connectivity index (χ1v) is 9.39. The number of nitrogen functional groups attached to an aromatic ring is 1. The van der Waals surface area contributed by atoms with Crippen LogP contribution in [0.5, 0.6) is 5.75 Å². The number of benzene rings is 2. The van der Waals surface area contributed by atoms with Gasteiger partial charge in [0.15, 0.2) is 0 Å². The van der Waals surface area contributed by atoms with Crippen LogP contribution in [-0.4, -0.2) is 27.7 Å². The Morgan fingerprint density at radius 3 is 2.70 bits per heavy atom. The second-order valence-corrected chi connectivity index (χ2v) is 6.93. The van der Waals surface area contributed by atoms with Gasteiger partial charge in [0.2, 0.25) is 5.16 Å². The summed E-state index contributed by atoms with van der Waals surface area (Å²) in [6.07, 6.45) is 0. The van der Waals surface area contributed by atoms with Gasteiger partial charge in [0.1, 0.15) is 5.75 Å². The van der Waals surface area contributed by atoms with Crippen molar-refractivity contribution in [2.45, 2.75) is 24.8 Å². The lowest BCUT2D eigenvalue weighted by Crippen LogP contribution is -2.13. The van der Waals surface area contributed by atoms with Crippen LogP contribution in [0.25, 0.3) is 0 Å². The van der Waals surface area contributed by atoms with Crippen LogP contribution in [0, 0.1) is 6.92 Å². The molecule has 0 saturated heterocycles. The fraction of sp³-hybridized carbons (Fsp3) is 0.211. The number of hydrogen-bond donors (Lipinski definition) is 2. The Bertz CT molecular complexity index is 936. The first kappa shape index (κ1) is 18.8. The van der Waals surface area contributed by atoms with Crippen LogP contribution < -0.4 is 16.0 Å². The monoisotopic (exact) mass is 382 g/mol. The molecule has 0 aliphatic rings. The number of thioether (sulfide) groups is 1. The zero-order valence-electron chi connectivity index (χ0n) is 15.5. The number of nitrogens with one attached hydrogen (secondary N) is 1. The predicted molar refractivity (Wildman–Crippen MR) is 110 cm³/mol. The summed E-state index contributed by atoms with van der Waals surface area (Å²) >= 11 is 1.53. The van der Waals surface area contributed by atoms with E-state index < -0.39 is 0 Å². The first-order chi connectivity index (χ1) is 13.1. The molecule has 0 atom stereocenters. The van der Waals surface area contributed by atoms with E-state index in [1.807, 2.05) is 37.3 Å². The zero-order chi connectivity index (χ0) is 19.2. The van der Waals surface area contributed by atoms with Gasteiger partial charge >= 0.3 is 0 Å². The minimum Gasteiger partial charge on any atom is -0.497 e. The van der Waals surface area contributed by atoms with Crippen molar-refractivity contribution in [3.8, 4) is 5.75 Å². The topological polar surface area (TPSA) is 90.3 Å². The lowest BCUT2D eigenvalue weighted by molar-refractivity contribution is 0.415. The summed E-state index contributed by atoms with van der Waals surface area (Å²) in [5.41, 5.74) is 7.09. The Morgan fingerprint density at radius 2 is 2.00 bits per heavy atom. The molecule has 3 N–H and O–H groups in total. The van der Waals surface area contributed by atoms with Crippen LogP contribution in [-0.2, 0) is 5.75 Å². The third-order valence-electron chi connectivity index (χ3n) is 3.95.